The van der Waals surface area contributed by atoms with Crippen LogP contribution >= 0.6 is 11.6 Å². The number of nitrogen functional groups attached to an aromatic ring is 1. The maximum Gasteiger partial charge on any atom is 0.0509 e. The first-order valence-corrected chi connectivity index (χ1v) is 7.85. The SMILES string of the molecule is Cc1cccc(CS(=O)Cc2ccc(Cl)cc2N)c1. The summed E-state index contributed by atoms with van der Waals surface area (Å²) in [5, 5.41) is 0.603. The molecule has 0 saturated heterocycles. The Morgan fingerprint density at radius 2 is 1.95 bits per heavy atom. The van der Waals surface area contributed by atoms with Crippen LogP contribution in [-0.2, 0) is 22.3 Å². The van der Waals surface area contributed by atoms with E-state index in [1.54, 1.807) is 12.1 Å². The summed E-state index contributed by atoms with van der Waals surface area (Å²) in [6.07, 6.45) is 0. The standard InChI is InChI=1S/C15H16ClNOS/c1-11-3-2-4-12(7-11)9-19(18)10-13-5-6-14(16)8-15(13)17/h2-8H,9-10,17H2,1H3. The molecule has 100 valence electrons. The highest BCUT2D eigenvalue weighted by Gasteiger charge is 2.07. The van der Waals surface area contributed by atoms with Gasteiger partial charge in [-0.3, -0.25) is 4.21 Å². The van der Waals surface area contributed by atoms with Crippen molar-refractivity contribution in [1.82, 2.24) is 0 Å². The zero-order valence-corrected chi connectivity index (χ0v) is 12.3. The molecule has 4 heteroatoms. The Morgan fingerprint density at radius 1 is 1.16 bits per heavy atom. The van der Waals surface area contributed by atoms with Crippen molar-refractivity contribution in [1.29, 1.82) is 0 Å². The van der Waals surface area contributed by atoms with Gasteiger partial charge in [0.2, 0.25) is 0 Å². The van der Waals surface area contributed by atoms with Gasteiger partial charge in [-0.1, -0.05) is 47.5 Å². The third-order valence-electron chi connectivity index (χ3n) is 2.83. The number of nitrogens with two attached hydrogens (primary N) is 1. The summed E-state index contributed by atoms with van der Waals surface area (Å²) in [7, 11) is -0.970. The lowest BCUT2D eigenvalue weighted by Gasteiger charge is -2.07. The third kappa shape index (κ3) is 4.08. The quantitative estimate of drug-likeness (QED) is 0.874. The lowest BCUT2D eigenvalue weighted by Crippen LogP contribution is -2.02. The van der Waals surface area contributed by atoms with Crippen molar-refractivity contribution in [3.05, 3.63) is 64.2 Å². The van der Waals surface area contributed by atoms with E-state index in [1.165, 1.54) is 5.56 Å². The predicted octanol–water partition coefficient (Wildman–Crippen LogP) is 3.68. The van der Waals surface area contributed by atoms with Crippen molar-refractivity contribution in [3.8, 4) is 0 Å². The van der Waals surface area contributed by atoms with E-state index in [9.17, 15) is 4.21 Å². The van der Waals surface area contributed by atoms with Gasteiger partial charge in [0.15, 0.2) is 0 Å². The molecule has 2 N–H and O–H groups in total. The van der Waals surface area contributed by atoms with Crippen LogP contribution < -0.4 is 5.73 Å². The van der Waals surface area contributed by atoms with E-state index in [-0.39, 0.29) is 0 Å². The molecule has 0 aliphatic heterocycles. The molecule has 19 heavy (non-hydrogen) atoms. The molecule has 1 atom stereocenters. The van der Waals surface area contributed by atoms with Gasteiger partial charge in [-0.15, -0.1) is 0 Å². The van der Waals surface area contributed by atoms with Gasteiger partial charge in [-0.05, 0) is 30.2 Å². The van der Waals surface area contributed by atoms with Crippen molar-refractivity contribution in [3.63, 3.8) is 0 Å². The molecule has 0 bridgehead atoms. The molecule has 0 spiro atoms. The van der Waals surface area contributed by atoms with Crippen molar-refractivity contribution < 1.29 is 4.21 Å². The maximum atomic E-state index is 12.2. The minimum atomic E-state index is -0.970. The number of hydrogen-bond acceptors (Lipinski definition) is 2. The largest absolute Gasteiger partial charge is 0.398 e. The van der Waals surface area contributed by atoms with Crippen LogP contribution in [0.15, 0.2) is 42.5 Å². The number of benzene rings is 2. The molecule has 0 saturated carbocycles. The normalized spacial score (nSPS) is 12.3. The Kier molecular flexibility index (Phi) is 4.61. The molecule has 2 aromatic carbocycles. The molecule has 2 nitrogen and oxygen atoms in total. The van der Waals surface area contributed by atoms with E-state index >= 15 is 0 Å². The summed E-state index contributed by atoms with van der Waals surface area (Å²) in [5.74, 6) is 1.00. The van der Waals surface area contributed by atoms with Crippen LogP contribution in [-0.4, -0.2) is 4.21 Å². The van der Waals surface area contributed by atoms with Gasteiger partial charge in [-0.2, -0.15) is 0 Å². The second-order valence-electron chi connectivity index (χ2n) is 4.56. The minimum absolute atomic E-state index is 0.455. The zero-order valence-electron chi connectivity index (χ0n) is 10.7. The topological polar surface area (TPSA) is 43.1 Å². The van der Waals surface area contributed by atoms with Gasteiger partial charge in [0.05, 0.1) is 5.75 Å². The van der Waals surface area contributed by atoms with Gasteiger partial charge < -0.3 is 5.73 Å². The van der Waals surface area contributed by atoms with Crippen LogP contribution in [0.1, 0.15) is 16.7 Å². The summed E-state index contributed by atoms with van der Waals surface area (Å²) in [5.41, 5.74) is 9.62. The Balaban J connectivity index is 2.05. The molecule has 0 radical (unpaired) electrons. The van der Waals surface area contributed by atoms with Gasteiger partial charge >= 0.3 is 0 Å². The zero-order chi connectivity index (χ0) is 13.8. The highest BCUT2D eigenvalue weighted by atomic mass is 35.5. The number of anilines is 1. The Bertz CT molecular complexity index is 613. The van der Waals surface area contributed by atoms with E-state index in [0.29, 0.717) is 22.2 Å². The van der Waals surface area contributed by atoms with Gasteiger partial charge in [0, 0.05) is 27.3 Å². The molecule has 2 aromatic rings. The van der Waals surface area contributed by atoms with Crippen LogP contribution in [0.3, 0.4) is 0 Å². The molecule has 0 heterocycles. The first-order valence-electron chi connectivity index (χ1n) is 5.99. The Labute approximate surface area is 121 Å². The predicted molar refractivity (Wildman–Crippen MR) is 82.6 cm³/mol. The van der Waals surface area contributed by atoms with E-state index < -0.39 is 10.8 Å². The summed E-state index contributed by atoms with van der Waals surface area (Å²) in [4.78, 5) is 0. The van der Waals surface area contributed by atoms with Crippen LogP contribution in [0.25, 0.3) is 0 Å². The van der Waals surface area contributed by atoms with Crippen LogP contribution in [0.5, 0.6) is 0 Å². The lowest BCUT2D eigenvalue weighted by molar-refractivity contribution is 0.682. The molecule has 0 amide bonds. The highest BCUT2D eigenvalue weighted by molar-refractivity contribution is 7.83. The Hall–Kier alpha value is -1.32. The second kappa shape index (κ2) is 6.22. The van der Waals surface area contributed by atoms with Gasteiger partial charge in [0.25, 0.3) is 0 Å². The summed E-state index contributed by atoms with van der Waals surface area (Å²) >= 11 is 5.84. The van der Waals surface area contributed by atoms with Crippen LogP contribution in [0.4, 0.5) is 5.69 Å². The minimum Gasteiger partial charge on any atom is -0.398 e. The van der Waals surface area contributed by atoms with Crippen molar-refractivity contribution in [2.24, 2.45) is 0 Å². The number of halogens is 1. The fourth-order valence-corrected chi connectivity index (χ4v) is 3.35. The molecule has 0 fully saturated rings. The van der Waals surface area contributed by atoms with Crippen molar-refractivity contribution in [2.75, 3.05) is 5.73 Å². The summed E-state index contributed by atoms with van der Waals surface area (Å²) in [6.45, 7) is 2.03. The van der Waals surface area contributed by atoms with Crippen molar-refractivity contribution >= 4 is 28.1 Å². The maximum absolute atomic E-state index is 12.2. The molecule has 0 aliphatic carbocycles. The van der Waals surface area contributed by atoms with Crippen LogP contribution in [0, 0.1) is 6.92 Å². The first-order chi connectivity index (χ1) is 9.04. The fourth-order valence-electron chi connectivity index (χ4n) is 1.91. The molecular weight excluding hydrogens is 278 g/mol. The molecule has 0 aromatic heterocycles. The third-order valence-corrected chi connectivity index (χ3v) is 4.36. The molecular formula is C15H16ClNOS. The van der Waals surface area contributed by atoms with E-state index in [4.69, 9.17) is 17.3 Å². The number of aryl methyl sites for hydroxylation is 1. The molecule has 1 unspecified atom stereocenters. The smallest absolute Gasteiger partial charge is 0.0509 e. The lowest BCUT2D eigenvalue weighted by atomic mass is 10.2. The average molecular weight is 294 g/mol. The molecule has 2 rings (SSSR count). The average Bonchev–Trinajstić information content (AvgIpc) is 2.33. The first kappa shape index (κ1) is 14.1. The summed E-state index contributed by atoms with van der Waals surface area (Å²) in [6, 6.07) is 13.4. The fraction of sp³-hybridized carbons (Fsp3) is 0.200. The van der Waals surface area contributed by atoms with E-state index in [0.717, 1.165) is 11.1 Å². The van der Waals surface area contributed by atoms with Gasteiger partial charge in [-0.25, -0.2) is 0 Å². The number of hydrogen-bond donors (Lipinski definition) is 1. The number of rotatable bonds is 4. The Morgan fingerprint density at radius 3 is 2.63 bits per heavy atom. The van der Waals surface area contributed by atoms with Crippen LogP contribution in [0.2, 0.25) is 5.02 Å². The van der Waals surface area contributed by atoms with E-state index in [1.807, 2.05) is 31.2 Å². The second-order valence-corrected chi connectivity index (χ2v) is 6.45. The van der Waals surface area contributed by atoms with Gasteiger partial charge in [0.1, 0.15) is 0 Å². The highest BCUT2D eigenvalue weighted by Crippen LogP contribution is 2.20. The monoisotopic (exact) mass is 293 g/mol. The molecule has 0 aliphatic rings. The van der Waals surface area contributed by atoms with Crippen molar-refractivity contribution in [2.45, 2.75) is 18.4 Å². The van der Waals surface area contributed by atoms with E-state index in [2.05, 4.69) is 6.07 Å². The summed E-state index contributed by atoms with van der Waals surface area (Å²) < 4.78 is 12.2.